The fraction of sp³-hybridized carbons (Fsp3) is 0. The largest absolute Gasteiger partial charge is 0.398 e. The zero-order chi connectivity index (χ0) is 10.9. The van der Waals surface area contributed by atoms with Gasteiger partial charge < -0.3 is 11.5 Å². The highest BCUT2D eigenvalue weighted by molar-refractivity contribution is 7.89. The number of carbonyl (C=O) groups is 1. The summed E-state index contributed by atoms with van der Waals surface area (Å²) in [5, 5.41) is 4.86. The summed E-state index contributed by atoms with van der Waals surface area (Å²) in [5.41, 5.74) is 10.4. The molecule has 0 aromatic heterocycles. The number of rotatable bonds is 2. The number of nitrogens with two attached hydrogens (primary N) is 3. The van der Waals surface area contributed by atoms with Crippen LogP contribution in [-0.2, 0) is 10.0 Å². The van der Waals surface area contributed by atoms with Crippen molar-refractivity contribution in [1.29, 1.82) is 0 Å². The smallest absolute Gasteiger partial charge is 0.250 e. The van der Waals surface area contributed by atoms with Gasteiger partial charge in [-0.15, -0.1) is 0 Å². The molecule has 0 aliphatic heterocycles. The Bertz CT molecular complexity index is 481. The van der Waals surface area contributed by atoms with Crippen molar-refractivity contribution in [2.24, 2.45) is 10.9 Å². The van der Waals surface area contributed by atoms with Crippen LogP contribution in [0.4, 0.5) is 5.69 Å². The third kappa shape index (κ3) is 2.01. The van der Waals surface area contributed by atoms with Gasteiger partial charge in [0.1, 0.15) is 0 Å². The van der Waals surface area contributed by atoms with Crippen molar-refractivity contribution in [3.63, 3.8) is 0 Å². The van der Waals surface area contributed by atoms with Crippen molar-refractivity contribution in [3.05, 3.63) is 23.8 Å². The van der Waals surface area contributed by atoms with Gasteiger partial charge in [0.25, 0.3) is 5.91 Å². The van der Waals surface area contributed by atoms with Crippen molar-refractivity contribution < 1.29 is 13.2 Å². The van der Waals surface area contributed by atoms with E-state index in [1.54, 1.807) is 0 Å². The molecule has 0 unspecified atom stereocenters. The van der Waals surface area contributed by atoms with Crippen molar-refractivity contribution in [2.45, 2.75) is 4.90 Å². The molecule has 6 N–H and O–H groups in total. The van der Waals surface area contributed by atoms with E-state index in [1.165, 1.54) is 12.1 Å². The molecule has 0 aliphatic rings. The Morgan fingerprint density at radius 2 is 1.86 bits per heavy atom. The van der Waals surface area contributed by atoms with E-state index in [0.29, 0.717) is 0 Å². The second kappa shape index (κ2) is 3.28. The fourth-order valence-electron chi connectivity index (χ4n) is 0.926. The summed E-state index contributed by atoms with van der Waals surface area (Å²) >= 11 is 0. The number of primary sulfonamides is 1. The highest BCUT2D eigenvalue weighted by Crippen LogP contribution is 2.16. The van der Waals surface area contributed by atoms with Gasteiger partial charge in [-0.05, 0) is 18.2 Å². The number of benzene rings is 1. The standard InChI is InChI=1S/C7H9N3O3S/c8-6-2-1-4(14(10,12)13)3-5(6)7(9)11/h1-3H,8H2,(H2,9,11)(H2,10,12,13). The van der Waals surface area contributed by atoms with Gasteiger partial charge in [-0.25, -0.2) is 13.6 Å². The van der Waals surface area contributed by atoms with Crippen LogP contribution in [0.5, 0.6) is 0 Å². The van der Waals surface area contributed by atoms with Crippen molar-refractivity contribution in [1.82, 2.24) is 0 Å². The van der Waals surface area contributed by atoms with E-state index in [4.69, 9.17) is 16.6 Å². The first kappa shape index (κ1) is 10.5. The van der Waals surface area contributed by atoms with Crippen molar-refractivity contribution in [2.75, 3.05) is 5.73 Å². The summed E-state index contributed by atoms with van der Waals surface area (Å²) in [7, 11) is -3.84. The van der Waals surface area contributed by atoms with E-state index in [2.05, 4.69) is 0 Å². The Morgan fingerprint density at radius 3 is 2.29 bits per heavy atom. The summed E-state index contributed by atoms with van der Waals surface area (Å²) in [6.45, 7) is 0. The molecule has 1 aromatic carbocycles. The summed E-state index contributed by atoms with van der Waals surface area (Å²) in [5.74, 6) is -0.798. The molecule has 1 aromatic rings. The van der Waals surface area contributed by atoms with E-state index in [-0.39, 0.29) is 16.1 Å². The zero-order valence-corrected chi connectivity index (χ0v) is 7.91. The van der Waals surface area contributed by atoms with Gasteiger partial charge in [0, 0.05) is 5.69 Å². The SMILES string of the molecule is NC(=O)c1cc(S(N)(=O)=O)ccc1N. The van der Waals surface area contributed by atoms with E-state index in [1.807, 2.05) is 0 Å². The lowest BCUT2D eigenvalue weighted by Crippen LogP contribution is -2.17. The van der Waals surface area contributed by atoms with Gasteiger partial charge in [0.05, 0.1) is 10.5 Å². The minimum Gasteiger partial charge on any atom is -0.398 e. The number of anilines is 1. The average Bonchev–Trinajstić information content (AvgIpc) is 2.02. The van der Waals surface area contributed by atoms with E-state index < -0.39 is 15.9 Å². The first-order valence-electron chi connectivity index (χ1n) is 3.54. The Kier molecular flexibility index (Phi) is 2.45. The summed E-state index contributed by atoms with van der Waals surface area (Å²) in [4.78, 5) is 10.6. The fourth-order valence-corrected chi connectivity index (χ4v) is 1.47. The molecule has 0 heterocycles. The van der Waals surface area contributed by atoms with Gasteiger partial charge in [-0.1, -0.05) is 0 Å². The highest BCUT2D eigenvalue weighted by Gasteiger charge is 2.12. The van der Waals surface area contributed by atoms with E-state index in [0.717, 1.165) is 6.07 Å². The summed E-state index contributed by atoms with van der Waals surface area (Å²) in [6, 6.07) is 3.52. The minimum atomic E-state index is -3.84. The monoisotopic (exact) mass is 215 g/mol. The van der Waals surface area contributed by atoms with Crippen LogP contribution in [-0.4, -0.2) is 14.3 Å². The van der Waals surface area contributed by atoms with Crippen LogP contribution >= 0.6 is 0 Å². The third-order valence-corrected chi connectivity index (χ3v) is 2.53. The van der Waals surface area contributed by atoms with Crippen LogP contribution in [0.1, 0.15) is 10.4 Å². The number of hydrogen-bond acceptors (Lipinski definition) is 4. The highest BCUT2D eigenvalue weighted by atomic mass is 32.2. The van der Waals surface area contributed by atoms with Crippen LogP contribution in [0.25, 0.3) is 0 Å². The Morgan fingerprint density at radius 1 is 1.29 bits per heavy atom. The maximum Gasteiger partial charge on any atom is 0.250 e. The molecule has 0 saturated carbocycles. The molecule has 7 heteroatoms. The van der Waals surface area contributed by atoms with Crippen molar-refractivity contribution in [3.8, 4) is 0 Å². The van der Waals surface area contributed by atoms with Gasteiger partial charge in [0.15, 0.2) is 0 Å². The first-order chi connectivity index (χ1) is 6.32. The first-order valence-corrected chi connectivity index (χ1v) is 5.09. The molecule has 6 nitrogen and oxygen atoms in total. The van der Waals surface area contributed by atoms with E-state index in [9.17, 15) is 13.2 Å². The molecule has 0 bridgehead atoms. The van der Waals surface area contributed by atoms with Crippen LogP contribution in [0, 0.1) is 0 Å². The molecule has 0 spiro atoms. The quantitative estimate of drug-likeness (QED) is 0.547. The number of primary amides is 1. The number of amides is 1. The lowest BCUT2D eigenvalue weighted by atomic mass is 10.2. The summed E-state index contributed by atoms with van der Waals surface area (Å²) < 4.78 is 21.8. The maximum atomic E-state index is 10.9. The van der Waals surface area contributed by atoms with Gasteiger partial charge in [-0.2, -0.15) is 0 Å². The molecule has 14 heavy (non-hydrogen) atoms. The van der Waals surface area contributed by atoms with Gasteiger partial charge >= 0.3 is 0 Å². The summed E-state index contributed by atoms with van der Waals surface area (Å²) in [6.07, 6.45) is 0. The Balaban J connectivity index is 3.42. The molecule has 0 atom stereocenters. The molecule has 0 radical (unpaired) electrons. The lowest BCUT2D eigenvalue weighted by molar-refractivity contribution is 0.100. The number of nitrogen functional groups attached to an aromatic ring is 1. The van der Waals surface area contributed by atoms with Crippen LogP contribution in [0.15, 0.2) is 23.1 Å². The molecular weight excluding hydrogens is 206 g/mol. The maximum absolute atomic E-state index is 10.9. The topological polar surface area (TPSA) is 129 Å². The van der Waals surface area contributed by atoms with Gasteiger partial charge in [-0.3, -0.25) is 4.79 Å². The van der Waals surface area contributed by atoms with E-state index >= 15 is 0 Å². The van der Waals surface area contributed by atoms with Crippen LogP contribution in [0.2, 0.25) is 0 Å². The Labute approximate surface area is 80.7 Å². The molecule has 1 amide bonds. The lowest BCUT2D eigenvalue weighted by Gasteiger charge is -2.03. The molecule has 0 saturated heterocycles. The molecule has 1 rings (SSSR count). The van der Waals surface area contributed by atoms with Crippen LogP contribution < -0.4 is 16.6 Å². The van der Waals surface area contributed by atoms with Crippen molar-refractivity contribution >= 4 is 21.6 Å². The number of carbonyl (C=O) groups excluding carboxylic acids is 1. The molecule has 76 valence electrons. The van der Waals surface area contributed by atoms with Crippen LogP contribution in [0.3, 0.4) is 0 Å². The normalized spacial score (nSPS) is 11.2. The molecule has 0 aliphatic carbocycles. The second-order valence-corrected chi connectivity index (χ2v) is 4.22. The predicted octanol–water partition coefficient (Wildman–Crippen LogP) is -0.985. The molecule has 0 fully saturated rings. The molecular formula is C7H9N3O3S. The minimum absolute atomic E-state index is 0.0588. The zero-order valence-electron chi connectivity index (χ0n) is 7.10. The average molecular weight is 215 g/mol. The van der Waals surface area contributed by atoms with Gasteiger partial charge in [0.2, 0.25) is 10.0 Å². The number of hydrogen-bond donors (Lipinski definition) is 3. The third-order valence-electron chi connectivity index (χ3n) is 1.62. The Hall–Kier alpha value is -1.60. The number of sulfonamides is 1. The second-order valence-electron chi connectivity index (χ2n) is 2.66. The predicted molar refractivity (Wildman–Crippen MR) is 50.7 cm³/mol.